The van der Waals surface area contributed by atoms with E-state index in [2.05, 4.69) is 63.6 Å². The van der Waals surface area contributed by atoms with Crippen molar-refractivity contribution in [3.8, 4) is 0 Å². The Hall–Kier alpha value is -3.06. The number of carbonyl (C=O) groups is 2. The van der Waals surface area contributed by atoms with Gasteiger partial charge in [0, 0.05) is 37.9 Å². The van der Waals surface area contributed by atoms with E-state index in [0.29, 0.717) is 18.2 Å². The Morgan fingerprint density at radius 2 is 1.29 bits per heavy atom. The SMILES string of the molecule is C=C.CC.CC(=O)OC(C)C.CCCC(CCC)N(C)/C(C=C(C)C)=C(C)/C=C(\C)c1ccc(C(C)=O)c(F)c1F.CCCO. The molecule has 0 spiro atoms. The summed E-state index contributed by atoms with van der Waals surface area (Å²) < 4.78 is 33.5. The molecule has 0 heterocycles. The molecule has 5 nitrogen and oxygen atoms in total. The van der Waals surface area contributed by atoms with Crippen LogP contribution in [-0.2, 0) is 9.53 Å². The van der Waals surface area contributed by atoms with E-state index in [4.69, 9.17) is 5.11 Å². The van der Waals surface area contributed by atoms with Gasteiger partial charge in [-0.3, -0.25) is 9.59 Å². The molecule has 0 bridgehead atoms. The van der Waals surface area contributed by atoms with Crippen molar-refractivity contribution in [3.63, 3.8) is 0 Å². The Balaban J connectivity index is -0.000000467. The monoisotopic (exact) mass is 637 g/mol. The third-order valence-corrected chi connectivity index (χ3v) is 5.95. The Morgan fingerprint density at radius 3 is 1.60 bits per heavy atom. The molecule has 0 aromatic heterocycles. The van der Waals surface area contributed by atoms with Crippen LogP contribution in [-0.4, -0.2) is 47.6 Å². The summed E-state index contributed by atoms with van der Waals surface area (Å²) in [5, 5.41) is 7.88. The summed E-state index contributed by atoms with van der Waals surface area (Å²) in [6.07, 6.45) is 9.37. The minimum Gasteiger partial charge on any atom is -0.463 e. The van der Waals surface area contributed by atoms with Gasteiger partial charge in [0.15, 0.2) is 17.4 Å². The second-order valence-electron chi connectivity index (χ2n) is 10.7. The number of allylic oxidation sites excluding steroid dienone is 5. The number of halogens is 2. The number of carbonyl (C=O) groups excluding carboxylic acids is 2. The molecule has 1 N–H and O–H groups in total. The maximum atomic E-state index is 14.6. The van der Waals surface area contributed by atoms with Crippen molar-refractivity contribution in [2.75, 3.05) is 13.7 Å². The van der Waals surface area contributed by atoms with Gasteiger partial charge >= 0.3 is 5.97 Å². The average Bonchev–Trinajstić information content (AvgIpc) is 2.98. The molecule has 0 amide bonds. The number of aliphatic hydroxyl groups excluding tert-OH is 1. The van der Waals surface area contributed by atoms with Crippen LogP contribution in [0.5, 0.6) is 0 Å². The molecule has 0 aliphatic heterocycles. The molecule has 7 heteroatoms. The molecule has 0 aliphatic carbocycles. The highest BCUT2D eigenvalue weighted by Gasteiger charge is 2.19. The van der Waals surface area contributed by atoms with E-state index < -0.39 is 17.4 Å². The topological polar surface area (TPSA) is 66.8 Å². The zero-order valence-electron chi connectivity index (χ0n) is 31.0. The Bertz CT molecular complexity index is 1050. The molecular formula is C38H65F2NO4. The van der Waals surface area contributed by atoms with Crippen LogP contribution in [0.15, 0.2) is 54.3 Å². The third-order valence-electron chi connectivity index (χ3n) is 5.95. The second-order valence-corrected chi connectivity index (χ2v) is 10.7. The summed E-state index contributed by atoms with van der Waals surface area (Å²) >= 11 is 0. The van der Waals surface area contributed by atoms with Crippen LogP contribution in [0.4, 0.5) is 8.78 Å². The van der Waals surface area contributed by atoms with Gasteiger partial charge in [-0.05, 0) is 91.0 Å². The van der Waals surface area contributed by atoms with Crippen LogP contribution in [0.25, 0.3) is 5.57 Å². The third kappa shape index (κ3) is 22.1. The minimum atomic E-state index is -1.08. The number of aliphatic hydroxyl groups is 1. The first-order chi connectivity index (χ1) is 21.1. The molecule has 0 saturated heterocycles. The van der Waals surface area contributed by atoms with E-state index in [1.165, 1.54) is 31.6 Å². The summed E-state index contributed by atoms with van der Waals surface area (Å²) in [5.41, 5.74) is 3.83. The fourth-order valence-corrected chi connectivity index (χ4v) is 4.10. The molecule has 0 aliphatic rings. The van der Waals surface area contributed by atoms with Gasteiger partial charge in [0.25, 0.3) is 0 Å². The summed E-state index contributed by atoms with van der Waals surface area (Å²) in [6.45, 7) is 30.8. The maximum absolute atomic E-state index is 14.6. The summed E-state index contributed by atoms with van der Waals surface area (Å²) in [7, 11) is 2.11. The number of nitrogens with zero attached hydrogens (tertiary/aromatic N) is 1. The lowest BCUT2D eigenvalue weighted by Gasteiger charge is -2.32. The van der Waals surface area contributed by atoms with Crippen molar-refractivity contribution in [2.45, 2.75) is 134 Å². The highest BCUT2D eigenvalue weighted by atomic mass is 19.2. The number of hydrogen-bond acceptors (Lipinski definition) is 5. The predicted octanol–water partition coefficient (Wildman–Crippen LogP) is 10.9. The molecule has 260 valence electrons. The van der Waals surface area contributed by atoms with E-state index in [-0.39, 0.29) is 23.2 Å². The van der Waals surface area contributed by atoms with Crippen molar-refractivity contribution in [1.82, 2.24) is 4.90 Å². The molecular weight excluding hydrogens is 572 g/mol. The van der Waals surface area contributed by atoms with Gasteiger partial charge in [0.05, 0.1) is 11.7 Å². The second kappa shape index (κ2) is 29.6. The van der Waals surface area contributed by atoms with Gasteiger partial charge in [-0.1, -0.05) is 65.2 Å². The van der Waals surface area contributed by atoms with Crippen molar-refractivity contribution in [1.29, 1.82) is 0 Å². The van der Waals surface area contributed by atoms with Crippen LogP contribution < -0.4 is 0 Å². The highest BCUT2D eigenvalue weighted by molar-refractivity contribution is 5.94. The van der Waals surface area contributed by atoms with Crippen LogP contribution >= 0.6 is 0 Å². The number of benzene rings is 1. The molecule has 0 radical (unpaired) electrons. The van der Waals surface area contributed by atoms with E-state index >= 15 is 0 Å². The number of rotatable bonds is 12. The van der Waals surface area contributed by atoms with Gasteiger partial charge in [-0.15, -0.1) is 13.2 Å². The van der Waals surface area contributed by atoms with E-state index in [0.717, 1.165) is 43.4 Å². The lowest BCUT2D eigenvalue weighted by atomic mass is 9.98. The van der Waals surface area contributed by atoms with E-state index in [1.54, 1.807) is 6.92 Å². The van der Waals surface area contributed by atoms with E-state index in [1.807, 2.05) is 47.6 Å². The van der Waals surface area contributed by atoms with Crippen molar-refractivity contribution >= 4 is 17.3 Å². The van der Waals surface area contributed by atoms with Crippen molar-refractivity contribution in [2.24, 2.45) is 0 Å². The van der Waals surface area contributed by atoms with E-state index in [9.17, 15) is 18.4 Å². The first-order valence-corrected chi connectivity index (χ1v) is 16.1. The fraction of sp³-hybridized carbons (Fsp3) is 0.579. The summed E-state index contributed by atoms with van der Waals surface area (Å²) in [5.74, 6) is -2.76. The largest absolute Gasteiger partial charge is 0.463 e. The van der Waals surface area contributed by atoms with Crippen LogP contribution in [0, 0.1) is 11.6 Å². The zero-order chi connectivity index (χ0) is 36.3. The normalized spacial score (nSPS) is 10.8. The number of ether oxygens (including phenoxy) is 1. The average molecular weight is 638 g/mol. The Morgan fingerprint density at radius 1 is 0.867 bits per heavy atom. The molecule has 0 saturated carbocycles. The molecule has 1 aromatic carbocycles. The number of Topliss-reactive ketones (excluding diaryl/α,β-unsaturated/α-hetero) is 1. The molecule has 45 heavy (non-hydrogen) atoms. The van der Waals surface area contributed by atoms with Crippen LogP contribution in [0.1, 0.15) is 138 Å². The Labute approximate surface area is 275 Å². The fourth-order valence-electron chi connectivity index (χ4n) is 4.10. The molecule has 0 atom stereocenters. The van der Waals surface area contributed by atoms with Crippen LogP contribution in [0.2, 0.25) is 0 Å². The van der Waals surface area contributed by atoms with Gasteiger partial charge in [-0.25, -0.2) is 8.78 Å². The van der Waals surface area contributed by atoms with Crippen LogP contribution in [0.3, 0.4) is 0 Å². The smallest absolute Gasteiger partial charge is 0.302 e. The predicted molar refractivity (Wildman–Crippen MR) is 190 cm³/mol. The van der Waals surface area contributed by atoms with Crippen molar-refractivity contribution in [3.05, 3.63) is 77.0 Å². The molecule has 1 rings (SSSR count). The Kier molecular flexibility index (Phi) is 32.2. The summed E-state index contributed by atoms with van der Waals surface area (Å²) in [6, 6.07) is 3.27. The van der Waals surface area contributed by atoms with Crippen molar-refractivity contribution < 1.29 is 28.2 Å². The standard InChI is InChI=1S/C26H37F2NO.C5H10O2.C3H8O.C2H6.C2H4/c1-9-11-21(12-10-2)29(8)24(15-17(3)4)19(6)16-18(5)22-13-14-23(20(7)30)26(28)25(22)27;1-4(2)7-5(3)6;1-2-3-4;2*1-2/h13-16,21H,9-12H2,1-8H3;4H,1-3H3;4H,2-3H2,1H3;1-2H3;1-2H2/b18-16+,24-19+;;;;. The molecule has 0 unspecified atom stereocenters. The quantitative estimate of drug-likeness (QED) is 0.107. The number of hydrogen-bond donors (Lipinski definition) is 1. The number of esters is 1. The van der Waals surface area contributed by atoms with Gasteiger partial charge < -0.3 is 14.7 Å². The zero-order valence-corrected chi connectivity index (χ0v) is 31.0. The number of likely N-dealkylation sites (N-methyl/N-ethyl adjacent to an activating group) is 1. The number of ketones is 1. The lowest BCUT2D eigenvalue weighted by Crippen LogP contribution is -2.31. The maximum Gasteiger partial charge on any atom is 0.302 e. The van der Waals surface area contributed by atoms with Gasteiger partial charge in [0.2, 0.25) is 0 Å². The summed E-state index contributed by atoms with van der Waals surface area (Å²) in [4.78, 5) is 23.8. The first-order valence-electron chi connectivity index (χ1n) is 16.1. The first kappa shape index (κ1) is 48.8. The lowest BCUT2D eigenvalue weighted by molar-refractivity contribution is -0.144. The van der Waals surface area contributed by atoms with Gasteiger partial charge in [0.1, 0.15) is 0 Å². The van der Waals surface area contributed by atoms with Gasteiger partial charge in [-0.2, -0.15) is 0 Å². The minimum absolute atomic E-state index is 0.0255. The highest BCUT2D eigenvalue weighted by Crippen LogP contribution is 2.27. The molecule has 1 aromatic rings. The molecule has 0 fully saturated rings.